The second-order valence-electron chi connectivity index (χ2n) is 5.45. The number of nitrogens with one attached hydrogen (secondary N) is 1. The molecule has 1 N–H and O–H groups in total. The van der Waals surface area contributed by atoms with Gasteiger partial charge in [0.15, 0.2) is 5.11 Å². The molecule has 1 fully saturated rings. The molecule has 0 heterocycles. The zero-order valence-corrected chi connectivity index (χ0v) is 12.1. The first-order chi connectivity index (χ1) is 8.61. The Morgan fingerprint density at radius 3 is 2.39 bits per heavy atom. The number of thiocarbonyl (C=S) groups is 1. The molecule has 2 rings (SSSR count). The van der Waals surface area contributed by atoms with Crippen LogP contribution in [0, 0.1) is 0 Å². The van der Waals surface area contributed by atoms with Crippen LogP contribution in [0.1, 0.15) is 39.0 Å². The highest BCUT2D eigenvalue weighted by Gasteiger charge is 2.28. The average molecular weight is 262 g/mol. The van der Waals surface area contributed by atoms with Crippen LogP contribution in [0.15, 0.2) is 30.3 Å². The Morgan fingerprint density at radius 1 is 1.17 bits per heavy atom. The molecule has 1 aromatic carbocycles. The molecule has 0 unspecified atom stereocenters. The Kier molecular flexibility index (Phi) is 4.23. The minimum atomic E-state index is 0.179. The summed E-state index contributed by atoms with van der Waals surface area (Å²) < 4.78 is 0. The summed E-state index contributed by atoms with van der Waals surface area (Å²) in [6, 6.07) is 10.3. The van der Waals surface area contributed by atoms with Gasteiger partial charge in [-0.05, 0) is 44.1 Å². The van der Waals surface area contributed by atoms with Crippen LogP contribution in [0.4, 0.5) is 5.69 Å². The lowest BCUT2D eigenvalue weighted by Crippen LogP contribution is -2.51. The Labute approximate surface area is 115 Å². The maximum Gasteiger partial charge on any atom is 0.173 e. The number of hydrogen-bond acceptors (Lipinski definition) is 1. The highest BCUT2D eigenvalue weighted by molar-refractivity contribution is 7.80. The van der Waals surface area contributed by atoms with E-state index < -0.39 is 0 Å². The molecule has 0 amide bonds. The van der Waals surface area contributed by atoms with E-state index in [0.717, 1.165) is 10.8 Å². The predicted octanol–water partition coefficient (Wildman–Crippen LogP) is 3.72. The fraction of sp³-hybridized carbons (Fsp3) is 0.533. The van der Waals surface area contributed by atoms with Crippen molar-refractivity contribution in [3.63, 3.8) is 0 Å². The summed E-state index contributed by atoms with van der Waals surface area (Å²) >= 11 is 5.53. The van der Waals surface area contributed by atoms with Gasteiger partial charge in [-0.3, -0.25) is 0 Å². The Balaban J connectivity index is 1.99. The molecule has 0 bridgehead atoms. The van der Waals surface area contributed by atoms with Crippen LogP contribution >= 0.6 is 12.2 Å². The lowest BCUT2D eigenvalue weighted by Gasteiger charge is -2.37. The predicted molar refractivity (Wildman–Crippen MR) is 82.1 cm³/mol. The number of nitrogens with zero attached hydrogens (tertiary/aromatic N) is 1. The average Bonchev–Trinajstić information content (AvgIpc) is 2.39. The van der Waals surface area contributed by atoms with E-state index in [9.17, 15) is 0 Å². The molecule has 0 aromatic heterocycles. The van der Waals surface area contributed by atoms with Crippen LogP contribution in [0.5, 0.6) is 0 Å². The monoisotopic (exact) mass is 262 g/mol. The number of anilines is 1. The van der Waals surface area contributed by atoms with E-state index in [0.29, 0.717) is 0 Å². The van der Waals surface area contributed by atoms with Crippen molar-refractivity contribution in [2.45, 2.75) is 44.6 Å². The highest BCUT2D eigenvalue weighted by Crippen LogP contribution is 2.28. The minimum absolute atomic E-state index is 0.179. The van der Waals surface area contributed by atoms with Gasteiger partial charge < -0.3 is 10.2 Å². The molecule has 3 heteroatoms. The van der Waals surface area contributed by atoms with Crippen molar-refractivity contribution in [2.24, 2.45) is 0 Å². The van der Waals surface area contributed by atoms with E-state index in [1.54, 1.807) is 0 Å². The second kappa shape index (κ2) is 5.70. The molecule has 0 aliphatic heterocycles. The van der Waals surface area contributed by atoms with Gasteiger partial charge in [0.25, 0.3) is 0 Å². The summed E-state index contributed by atoms with van der Waals surface area (Å²) in [5.41, 5.74) is 1.31. The smallest absolute Gasteiger partial charge is 0.173 e. The van der Waals surface area contributed by atoms with Crippen LogP contribution in [0.25, 0.3) is 0 Å². The maximum absolute atomic E-state index is 5.53. The van der Waals surface area contributed by atoms with Gasteiger partial charge in [-0.15, -0.1) is 0 Å². The highest BCUT2D eigenvalue weighted by atomic mass is 32.1. The fourth-order valence-electron chi connectivity index (χ4n) is 2.57. The van der Waals surface area contributed by atoms with Crippen molar-refractivity contribution < 1.29 is 0 Å². The third-order valence-corrected chi connectivity index (χ3v) is 4.19. The molecule has 0 saturated heterocycles. The van der Waals surface area contributed by atoms with Crippen LogP contribution in [-0.2, 0) is 0 Å². The topological polar surface area (TPSA) is 15.3 Å². The molecule has 1 aliphatic carbocycles. The van der Waals surface area contributed by atoms with E-state index in [1.807, 2.05) is 25.2 Å². The Hall–Kier alpha value is -1.09. The van der Waals surface area contributed by atoms with Gasteiger partial charge in [0.1, 0.15) is 0 Å². The van der Waals surface area contributed by atoms with Crippen LogP contribution in [0.3, 0.4) is 0 Å². The number of benzene rings is 1. The van der Waals surface area contributed by atoms with E-state index >= 15 is 0 Å². The number of para-hydroxylation sites is 1. The maximum atomic E-state index is 5.53. The summed E-state index contributed by atoms with van der Waals surface area (Å²) in [4.78, 5) is 2.05. The van der Waals surface area contributed by atoms with Crippen molar-refractivity contribution in [2.75, 3.05) is 11.9 Å². The summed E-state index contributed by atoms with van der Waals surface area (Å²) in [6.07, 6.45) is 6.41. The third kappa shape index (κ3) is 3.22. The Morgan fingerprint density at radius 2 is 1.78 bits per heavy atom. The van der Waals surface area contributed by atoms with Crippen molar-refractivity contribution in [1.29, 1.82) is 0 Å². The SMILES string of the molecule is CN(C(=S)NC1(C)CCCCC1)c1ccccc1. The first kappa shape index (κ1) is 13.3. The van der Waals surface area contributed by atoms with Gasteiger partial charge in [0, 0.05) is 18.3 Å². The van der Waals surface area contributed by atoms with Crippen LogP contribution in [0.2, 0.25) is 0 Å². The minimum Gasteiger partial charge on any atom is -0.357 e. The molecule has 98 valence electrons. The number of hydrogen-bond donors (Lipinski definition) is 1. The quantitative estimate of drug-likeness (QED) is 0.818. The molecule has 1 saturated carbocycles. The van der Waals surface area contributed by atoms with Gasteiger partial charge >= 0.3 is 0 Å². The summed E-state index contributed by atoms with van der Waals surface area (Å²) in [7, 11) is 2.02. The van der Waals surface area contributed by atoms with Gasteiger partial charge in [-0.2, -0.15) is 0 Å². The zero-order chi connectivity index (χ0) is 13.0. The van der Waals surface area contributed by atoms with Crippen molar-refractivity contribution in [1.82, 2.24) is 5.32 Å². The normalized spacial score (nSPS) is 18.1. The van der Waals surface area contributed by atoms with E-state index in [2.05, 4.69) is 29.3 Å². The fourth-order valence-corrected chi connectivity index (χ4v) is 2.92. The molecule has 1 aromatic rings. The standard InChI is InChI=1S/C15H22N2S/c1-15(11-7-4-8-12-15)16-14(18)17(2)13-9-5-3-6-10-13/h3,5-6,9-10H,4,7-8,11-12H2,1-2H3,(H,16,18). The van der Waals surface area contributed by atoms with E-state index in [4.69, 9.17) is 12.2 Å². The van der Waals surface area contributed by atoms with Gasteiger partial charge in [0.05, 0.1) is 0 Å². The van der Waals surface area contributed by atoms with Crippen molar-refractivity contribution in [3.8, 4) is 0 Å². The summed E-state index contributed by atoms with van der Waals surface area (Å²) in [6.45, 7) is 2.29. The largest absolute Gasteiger partial charge is 0.357 e. The molecular formula is C15H22N2S. The third-order valence-electron chi connectivity index (χ3n) is 3.81. The zero-order valence-electron chi connectivity index (χ0n) is 11.3. The van der Waals surface area contributed by atoms with Crippen molar-refractivity contribution in [3.05, 3.63) is 30.3 Å². The summed E-state index contributed by atoms with van der Waals surface area (Å²) in [5, 5.41) is 4.38. The molecule has 0 spiro atoms. The van der Waals surface area contributed by atoms with Gasteiger partial charge in [-0.25, -0.2) is 0 Å². The first-order valence-corrected chi connectivity index (χ1v) is 7.12. The van der Waals surface area contributed by atoms with Crippen molar-refractivity contribution >= 4 is 23.0 Å². The van der Waals surface area contributed by atoms with Gasteiger partial charge in [0.2, 0.25) is 0 Å². The van der Waals surface area contributed by atoms with E-state index in [1.165, 1.54) is 32.1 Å². The van der Waals surface area contributed by atoms with Crippen LogP contribution in [-0.4, -0.2) is 17.7 Å². The van der Waals surface area contributed by atoms with Gasteiger partial charge in [-0.1, -0.05) is 37.5 Å². The van der Waals surface area contributed by atoms with Crippen LogP contribution < -0.4 is 10.2 Å². The molecule has 2 nitrogen and oxygen atoms in total. The first-order valence-electron chi connectivity index (χ1n) is 6.72. The second-order valence-corrected chi connectivity index (χ2v) is 5.83. The number of rotatable bonds is 2. The molecule has 18 heavy (non-hydrogen) atoms. The Bertz CT molecular complexity index is 396. The lowest BCUT2D eigenvalue weighted by molar-refractivity contribution is 0.291. The molecule has 1 aliphatic rings. The summed E-state index contributed by atoms with van der Waals surface area (Å²) in [5.74, 6) is 0. The van der Waals surface area contributed by atoms with E-state index in [-0.39, 0.29) is 5.54 Å². The molecule has 0 atom stereocenters. The molecule has 0 radical (unpaired) electrons. The molecular weight excluding hydrogens is 240 g/mol. The lowest BCUT2D eigenvalue weighted by atomic mass is 9.83.